The number of hydrogen-bond donors (Lipinski definition) is 1. The van der Waals surface area contributed by atoms with E-state index in [1.165, 1.54) is 38.5 Å². The van der Waals surface area contributed by atoms with E-state index in [1.54, 1.807) is 0 Å². The van der Waals surface area contributed by atoms with Gasteiger partial charge in [-0.2, -0.15) is 0 Å². The van der Waals surface area contributed by atoms with Gasteiger partial charge in [-0.25, -0.2) is 0 Å². The highest BCUT2D eigenvalue weighted by Crippen LogP contribution is 2.40. The van der Waals surface area contributed by atoms with E-state index >= 15 is 0 Å². The molecule has 1 saturated carbocycles. The minimum Gasteiger partial charge on any atom is -0.480 e. The summed E-state index contributed by atoms with van der Waals surface area (Å²) in [7, 11) is 0. The average molecular weight is 295 g/mol. The lowest BCUT2D eigenvalue weighted by molar-refractivity contribution is -0.152. The highest BCUT2D eigenvalue weighted by Gasteiger charge is 2.42. The fourth-order valence-corrected chi connectivity index (χ4v) is 4.66. The number of carboxylic acid groups (broad SMARTS) is 1. The molecule has 2 unspecified atom stereocenters. The Morgan fingerprint density at radius 1 is 1.05 bits per heavy atom. The van der Waals surface area contributed by atoms with Crippen molar-refractivity contribution >= 4 is 5.97 Å². The molecule has 0 aromatic rings. The van der Waals surface area contributed by atoms with Gasteiger partial charge >= 0.3 is 5.97 Å². The maximum atomic E-state index is 11.7. The van der Waals surface area contributed by atoms with Crippen LogP contribution in [-0.4, -0.2) is 46.8 Å². The molecule has 0 aromatic heterocycles. The summed E-state index contributed by atoms with van der Waals surface area (Å²) < 4.78 is 6.18. The Labute approximate surface area is 127 Å². The number of carbonyl (C=O) groups is 1. The van der Waals surface area contributed by atoms with Crippen LogP contribution >= 0.6 is 0 Å². The first-order valence-electron chi connectivity index (χ1n) is 8.83. The summed E-state index contributed by atoms with van der Waals surface area (Å²) in [4.78, 5) is 14.0. The third-order valence-electron chi connectivity index (χ3n) is 5.78. The molecule has 0 amide bonds. The molecule has 0 radical (unpaired) electrons. The third kappa shape index (κ3) is 3.42. The van der Waals surface area contributed by atoms with Crippen LogP contribution in [0.4, 0.5) is 0 Å². The van der Waals surface area contributed by atoms with Crippen molar-refractivity contribution in [3.63, 3.8) is 0 Å². The van der Waals surface area contributed by atoms with E-state index in [1.807, 2.05) is 0 Å². The van der Waals surface area contributed by atoms with Gasteiger partial charge in [-0.3, -0.25) is 9.69 Å². The molecule has 3 rings (SSSR count). The van der Waals surface area contributed by atoms with Crippen LogP contribution in [0.15, 0.2) is 0 Å². The quantitative estimate of drug-likeness (QED) is 0.850. The maximum absolute atomic E-state index is 11.7. The number of likely N-dealkylation sites (tertiary alicyclic amines) is 1. The maximum Gasteiger partial charge on any atom is 0.320 e. The van der Waals surface area contributed by atoms with Crippen molar-refractivity contribution in [2.75, 3.05) is 13.2 Å². The van der Waals surface area contributed by atoms with Gasteiger partial charge in [0.25, 0.3) is 0 Å². The molecule has 3 fully saturated rings. The lowest BCUT2D eigenvalue weighted by Crippen LogP contribution is -2.54. The van der Waals surface area contributed by atoms with Crippen molar-refractivity contribution in [2.24, 2.45) is 0 Å². The average Bonchev–Trinajstić information content (AvgIpc) is 2.74. The zero-order valence-corrected chi connectivity index (χ0v) is 13.1. The number of hydrogen-bond acceptors (Lipinski definition) is 3. The Morgan fingerprint density at radius 3 is 2.57 bits per heavy atom. The summed E-state index contributed by atoms with van der Waals surface area (Å²) in [6.45, 7) is 1.77. The first-order valence-corrected chi connectivity index (χ1v) is 8.83. The smallest absolute Gasteiger partial charge is 0.320 e. The molecule has 2 atom stereocenters. The van der Waals surface area contributed by atoms with Gasteiger partial charge in [0.2, 0.25) is 0 Å². The van der Waals surface area contributed by atoms with Crippen LogP contribution in [0.5, 0.6) is 0 Å². The molecule has 0 aromatic carbocycles. The van der Waals surface area contributed by atoms with E-state index in [-0.39, 0.29) is 11.6 Å². The summed E-state index contributed by atoms with van der Waals surface area (Å²) >= 11 is 0. The van der Waals surface area contributed by atoms with Crippen LogP contribution < -0.4 is 0 Å². The summed E-state index contributed by atoms with van der Waals surface area (Å²) in [5.74, 6) is -0.624. The molecular formula is C17H29NO3. The molecule has 2 aliphatic heterocycles. The fourth-order valence-electron chi connectivity index (χ4n) is 4.66. The van der Waals surface area contributed by atoms with Crippen molar-refractivity contribution in [3.05, 3.63) is 0 Å². The second kappa shape index (κ2) is 6.66. The molecule has 1 N–H and O–H groups in total. The largest absolute Gasteiger partial charge is 0.480 e. The predicted molar refractivity (Wildman–Crippen MR) is 81.4 cm³/mol. The first kappa shape index (κ1) is 15.3. The summed E-state index contributed by atoms with van der Waals surface area (Å²) in [6.07, 6.45) is 12.5. The van der Waals surface area contributed by atoms with Gasteiger partial charge in [-0.1, -0.05) is 32.1 Å². The zero-order chi connectivity index (χ0) is 14.7. The van der Waals surface area contributed by atoms with E-state index in [4.69, 9.17) is 4.74 Å². The van der Waals surface area contributed by atoms with Gasteiger partial charge < -0.3 is 9.84 Å². The van der Waals surface area contributed by atoms with Crippen LogP contribution in [0, 0.1) is 0 Å². The number of ether oxygens (including phenoxy) is 1. The predicted octanol–water partition coefficient (Wildman–Crippen LogP) is 3.20. The van der Waals surface area contributed by atoms with E-state index in [0.29, 0.717) is 6.04 Å². The van der Waals surface area contributed by atoms with E-state index in [2.05, 4.69) is 4.90 Å². The van der Waals surface area contributed by atoms with Crippen molar-refractivity contribution in [1.82, 2.24) is 4.90 Å². The number of nitrogens with zero attached hydrogens (tertiary/aromatic N) is 1. The Kier molecular flexibility index (Phi) is 4.85. The molecule has 1 aliphatic carbocycles. The Balaban J connectivity index is 1.72. The van der Waals surface area contributed by atoms with Crippen molar-refractivity contribution in [2.45, 2.75) is 88.3 Å². The Morgan fingerprint density at radius 2 is 1.81 bits per heavy atom. The lowest BCUT2D eigenvalue weighted by Gasteiger charge is -2.47. The molecule has 4 heteroatoms. The topological polar surface area (TPSA) is 49.8 Å². The van der Waals surface area contributed by atoms with Gasteiger partial charge in [-0.15, -0.1) is 0 Å². The molecule has 3 aliphatic rings. The second-order valence-electron chi connectivity index (χ2n) is 7.18. The third-order valence-corrected chi connectivity index (χ3v) is 5.78. The number of carboxylic acids is 1. The standard InChI is InChI=1S/C17H29NO3/c19-16(20)15-7-3-1-6-11-18(15)14-8-12-21-17(13-14)9-4-2-5-10-17/h14-15H,1-13H2,(H,19,20). The monoisotopic (exact) mass is 295 g/mol. The number of rotatable bonds is 2. The van der Waals surface area contributed by atoms with Crippen LogP contribution in [-0.2, 0) is 9.53 Å². The normalized spacial score (nSPS) is 34.5. The lowest BCUT2D eigenvalue weighted by atomic mass is 9.77. The van der Waals surface area contributed by atoms with Crippen LogP contribution in [0.1, 0.15) is 70.6 Å². The van der Waals surface area contributed by atoms with Crippen LogP contribution in [0.25, 0.3) is 0 Å². The molecule has 2 saturated heterocycles. The summed E-state index contributed by atoms with van der Waals surface area (Å²) in [6, 6.07) is 0.146. The summed E-state index contributed by atoms with van der Waals surface area (Å²) in [5.41, 5.74) is 0.0660. The molecule has 2 heterocycles. The highest BCUT2D eigenvalue weighted by molar-refractivity contribution is 5.73. The van der Waals surface area contributed by atoms with Gasteiger partial charge in [-0.05, 0) is 45.1 Å². The Bertz CT molecular complexity index is 360. The van der Waals surface area contributed by atoms with Crippen molar-refractivity contribution < 1.29 is 14.6 Å². The van der Waals surface area contributed by atoms with Gasteiger partial charge in [0, 0.05) is 12.6 Å². The van der Waals surface area contributed by atoms with E-state index in [9.17, 15) is 9.90 Å². The second-order valence-corrected chi connectivity index (χ2v) is 7.18. The van der Waals surface area contributed by atoms with Gasteiger partial charge in [0.1, 0.15) is 6.04 Å². The minimum atomic E-state index is -0.624. The molecule has 21 heavy (non-hydrogen) atoms. The van der Waals surface area contributed by atoms with Crippen molar-refractivity contribution in [1.29, 1.82) is 0 Å². The highest BCUT2D eigenvalue weighted by atomic mass is 16.5. The first-order chi connectivity index (χ1) is 10.2. The molecule has 1 spiro atoms. The fraction of sp³-hybridized carbons (Fsp3) is 0.941. The molecule has 0 bridgehead atoms. The SMILES string of the molecule is O=C(O)C1CCCCCN1C1CCOC2(CCCCC2)C1. The van der Waals surface area contributed by atoms with Crippen LogP contribution in [0.2, 0.25) is 0 Å². The molecule has 4 nitrogen and oxygen atoms in total. The van der Waals surface area contributed by atoms with Crippen LogP contribution in [0.3, 0.4) is 0 Å². The van der Waals surface area contributed by atoms with Gasteiger partial charge in [0.15, 0.2) is 0 Å². The van der Waals surface area contributed by atoms with E-state index < -0.39 is 5.97 Å². The molecule has 120 valence electrons. The Hall–Kier alpha value is -0.610. The van der Waals surface area contributed by atoms with Crippen molar-refractivity contribution in [3.8, 4) is 0 Å². The molecular weight excluding hydrogens is 266 g/mol. The number of aliphatic carboxylic acids is 1. The summed E-state index contributed by atoms with van der Waals surface area (Å²) in [5, 5.41) is 9.59. The minimum absolute atomic E-state index is 0.0660. The van der Waals surface area contributed by atoms with Gasteiger partial charge in [0.05, 0.1) is 5.60 Å². The zero-order valence-electron chi connectivity index (χ0n) is 13.1. The van der Waals surface area contributed by atoms with E-state index in [0.717, 1.165) is 45.3 Å².